The van der Waals surface area contributed by atoms with E-state index in [0.29, 0.717) is 12.0 Å². The van der Waals surface area contributed by atoms with Gasteiger partial charge in [-0.05, 0) is 91.5 Å². The second-order valence-electron chi connectivity index (χ2n) is 11.5. The molecule has 0 spiro atoms. The van der Waals surface area contributed by atoms with Crippen LogP contribution in [-0.2, 0) is 13.6 Å². The molecule has 1 fully saturated rings. The van der Waals surface area contributed by atoms with Crippen molar-refractivity contribution in [3.05, 3.63) is 0 Å². The van der Waals surface area contributed by atoms with Crippen LogP contribution in [0.4, 0.5) is 0 Å². The number of ether oxygens (including phenoxy) is 1. The summed E-state index contributed by atoms with van der Waals surface area (Å²) < 4.78 is 18.9. The van der Waals surface area contributed by atoms with Crippen molar-refractivity contribution in [2.45, 2.75) is 122 Å². The minimum atomic E-state index is -1.78. The second kappa shape index (κ2) is 10.1. The van der Waals surface area contributed by atoms with Gasteiger partial charge >= 0.3 is 0 Å². The lowest BCUT2D eigenvalue weighted by atomic mass is 9.81. The highest BCUT2D eigenvalue weighted by molar-refractivity contribution is 6.76. The monoisotopic (exact) mass is 431 g/mol. The summed E-state index contributed by atoms with van der Waals surface area (Å²) in [5.41, 5.74) is 0.518. The topological polar surface area (TPSA) is 39.7 Å². The molecule has 0 amide bonds. The van der Waals surface area contributed by atoms with Crippen LogP contribution in [0, 0.1) is 5.92 Å². The lowest BCUT2D eigenvalue weighted by molar-refractivity contribution is -0.0216. The van der Waals surface area contributed by atoms with Crippen molar-refractivity contribution in [1.82, 2.24) is 5.32 Å². The molecule has 1 rings (SSSR count). The van der Waals surface area contributed by atoms with Gasteiger partial charge in [0.25, 0.3) is 0 Å². The van der Waals surface area contributed by atoms with Crippen LogP contribution >= 0.6 is 0 Å². The number of hydrogen-bond donors (Lipinski definition) is 1. The third-order valence-electron chi connectivity index (χ3n) is 6.16. The van der Waals surface area contributed by atoms with Crippen molar-refractivity contribution in [2.24, 2.45) is 5.92 Å². The first-order valence-corrected chi connectivity index (χ1v) is 17.0. The first-order valence-electron chi connectivity index (χ1n) is 11.2. The van der Waals surface area contributed by atoms with Crippen LogP contribution in [0.2, 0.25) is 31.7 Å². The molecule has 6 heteroatoms. The molecular formula is C22H49NO3Si2. The molecule has 1 aliphatic rings. The largest absolute Gasteiger partial charge is 0.418 e. The fraction of sp³-hybridized carbons (Fsp3) is 1.00. The molecule has 1 N–H and O–H groups in total. The summed E-state index contributed by atoms with van der Waals surface area (Å²) in [6.45, 7) is 23.8. The van der Waals surface area contributed by atoms with Crippen molar-refractivity contribution in [1.29, 1.82) is 0 Å². The van der Waals surface area contributed by atoms with E-state index in [1.165, 1.54) is 12.1 Å². The molecule has 1 heterocycles. The zero-order valence-electron chi connectivity index (χ0n) is 20.7. The summed E-state index contributed by atoms with van der Waals surface area (Å²) in [4.78, 5) is 0. The number of rotatable bonds is 11. The summed E-state index contributed by atoms with van der Waals surface area (Å²) in [7, 11) is -1.72. The zero-order valence-corrected chi connectivity index (χ0v) is 22.7. The van der Waals surface area contributed by atoms with Gasteiger partial charge in [-0.15, -0.1) is 0 Å². The molecule has 0 aromatic rings. The molecule has 0 bridgehead atoms. The van der Waals surface area contributed by atoms with Crippen molar-refractivity contribution in [3.63, 3.8) is 0 Å². The zero-order chi connectivity index (χ0) is 21.8. The van der Waals surface area contributed by atoms with Gasteiger partial charge in [0.05, 0.1) is 11.8 Å². The number of hydrogen-bond acceptors (Lipinski definition) is 4. The molecule has 0 aromatic heterocycles. The highest BCUT2D eigenvalue weighted by Crippen LogP contribution is 2.31. The summed E-state index contributed by atoms with van der Waals surface area (Å²) in [5.74, 6) is 0.670. The van der Waals surface area contributed by atoms with E-state index >= 15 is 0 Å². The van der Waals surface area contributed by atoms with E-state index in [2.05, 4.69) is 73.4 Å². The molecule has 28 heavy (non-hydrogen) atoms. The Morgan fingerprint density at radius 3 is 2.00 bits per heavy atom. The molecule has 4 nitrogen and oxygen atoms in total. The van der Waals surface area contributed by atoms with Crippen LogP contribution in [0.3, 0.4) is 0 Å². The van der Waals surface area contributed by atoms with E-state index in [0.717, 1.165) is 25.9 Å². The average Bonchev–Trinajstić information content (AvgIpc) is 2.47. The average molecular weight is 432 g/mol. The van der Waals surface area contributed by atoms with Crippen molar-refractivity contribution in [2.75, 3.05) is 13.7 Å². The molecular weight excluding hydrogens is 382 g/mol. The maximum absolute atomic E-state index is 6.77. The second-order valence-corrected chi connectivity index (χ2v) is 20.0. The van der Waals surface area contributed by atoms with Crippen molar-refractivity contribution < 1.29 is 13.6 Å². The Balaban J connectivity index is 2.59. The molecule has 2 atom stereocenters. The Morgan fingerprint density at radius 2 is 1.54 bits per heavy atom. The first kappa shape index (κ1) is 26.3. The Kier molecular flexibility index (Phi) is 9.45. The smallest absolute Gasteiger partial charge is 0.212 e. The Morgan fingerprint density at radius 1 is 1.00 bits per heavy atom. The molecule has 168 valence electrons. The summed E-state index contributed by atoms with van der Waals surface area (Å²) in [5, 5.41) is 3.74. The fourth-order valence-corrected chi connectivity index (χ4v) is 11.1. The minimum absolute atomic E-state index is 0.141. The van der Waals surface area contributed by atoms with Gasteiger partial charge in [0.2, 0.25) is 8.32 Å². The van der Waals surface area contributed by atoms with Crippen LogP contribution in [0.25, 0.3) is 0 Å². The van der Waals surface area contributed by atoms with E-state index < -0.39 is 16.6 Å². The molecule has 0 aromatic carbocycles. The van der Waals surface area contributed by atoms with Gasteiger partial charge in [-0.25, -0.2) is 0 Å². The highest BCUT2D eigenvalue weighted by atomic mass is 28.4. The molecule has 2 unspecified atom stereocenters. The van der Waals surface area contributed by atoms with Crippen LogP contribution in [0.1, 0.15) is 67.7 Å². The standard InChI is InChI=1S/C22H49NO3Si2/c1-18(2)17-28(11,26-19(3)27(9,10)24-8)14-12-13-25-20-15-21(4,5)23-22(6,7)16-20/h18-20,23H,12-17H2,1-11H3. The van der Waals surface area contributed by atoms with E-state index in [4.69, 9.17) is 13.6 Å². The number of nitrogens with one attached hydrogen (secondary N) is 1. The van der Waals surface area contributed by atoms with E-state index in [1.807, 2.05) is 7.11 Å². The maximum atomic E-state index is 6.77. The third-order valence-corrected chi connectivity index (χ3v) is 13.5. The summed E-state index contributed by atoms with van der Waals surface area (Å²) in [6, 6.07) is 2.38. The summed E-state index contributed by atoms with van der Waals surface area (Å²) >= 11 is 0. The van der Waals surface area contributed by atoms with Gasteiger partial charge < -0.3 is 18.9 Å². The van der Waals surface area contributed by atoms with E-state index in [9.17, 15) is 0 Å². The first-order chi connectivity index (χ1) is 12.6. The van der Waals surface area contributed by atoms with E-state index in [-0.39, 0.29) is 16.8 Å². The van der Waals surface area contributed by atoms with Gasteiger partial charge in [0, 0.05) is 24.8 Å². The Hall–Kier alpha value is 0.274. The summed E-state index contributed by atoms with van der Waals surface area (Å²) in [6.07, 6.45) is 3.61. The predicted octanol–water partition coefficient (Wildman–Crippen LogP) is 5.73. The SMILES string of the molecule is CO[Si](C)(C)C(C)O[Si](C)(CCCOC1CC(C)(C)NC(C)(C)C1)CC(C)C. The van der Waals surface area contributed by atoms with Gasteiger partial charge in [-0.2, -0.15) is 0 Å². The van der Waals surface area contributed by atoms with Crippen LogP contribution in [-0.4, -0.2) is 53.3 Å². The van der Waals surface area contributed by atoms with Gasteiger partial charge in [0.1, 0.15) is 0 Å². The van der Waals surface area contributed by atoms with Crippen molar-refractivity contribution >= 4 is 16.6 Å². The normalized spacial score (nSPS) is 23.6. The fourth-order valence-electron chi connectivity index (χ4n) is 4.85. The minimum Gasteiger partial charge on any atom is -0.418 e. The lowest BCUT2D eigenvalue weighted by Crippen LogP contribution is -2.59. The number of piperidine rings is 1. The molecule has 0 saturated carbocycles. The lowest BCUT2D eigenvalue weighted by Gasteiger charge is -2.46. The highest BCUT2D eigenvalue weighted by Gasteiger charge is 2.40. The third kappa shape index (κ3) is 8.96. The molecule has 0 aliphatic carbocycles. The molecule has 0 radical (unpaired) electrons. The van der Waals surface area contributed by atoms with Crippen LogP contribution in [0.5, 0.6) is 0 Å². The van der Waals surface area contributed by atoms with E-state index in [1.54, 1.807) is 0 Å². The maximum Gasteiger partial charge on any atom is 0.212 e. The van der Waals surface area contributed by atoms with Crippen LogP contribution < -0.4 is 5.32 Å². The van der Waals surface area contributed by atoms with Crippen LogP contribution in [0.15, 0.2) is 0 Å². The van der Waals surface area contributed by atoms with Gasteiger partial charge in [-0.1, -0.05) is 13.8 Å². The quantitative estimate of drug-likeness (QED) is 0.335. The Labute approximate surface area is 177 Å². The molecule has 1 saturated heterocycles. The predicted molar refractivity (Wildman–Crippen MR) is 126 cm³/mol. The van der Waals surface area contributed by atoms with Gasteiger partial charge in [0.15, 0.2) is 8.32 Å². The van der Waals surface area contributed by atoms with Crippen molar-refractivity contribution in [3.8, 4) is 0 Å². The molecule has 1 aliphatic heterocycles. The Bertz CT molecular complexity index is 466. The van der Waals surface area contributed by atoms with Gasteiger partial charge in [-0.3, -0.25) is 0 Å².